The van der Waals surface area contributed by atoms with E-state index in [1.165, 1.54) is 35.2 Å². The molecule has 0 aliphatic carbocycles. The van der Waals surface area contributed by atoms with Gasteiger partial charge in [0.1, 0.15) is 24.8 Å². The van der Waals surface area contributed by atoms with Gasteiger partial charge in [-0.05, 0) is 68.0 Å². The van der Waals surface area contributed by atoms with Crippen LogP contribution in [-0.4, -0.2) is 90.4 Å². The number of pyridine rings is 1. The molecule has 1 saturated heterocycles. The van der Waals surface area contributed by atoms with Crippen LogP contribution < -0.4 is 15.8 Å². The molecule has 5 N–H and O–H groups in total. The van der Waals surface area contributed by atoms with E-state index in [9.17, 15) is 27.9 Å². The number of carbonyl (C=O) groups is 3. The monoisotopic (exact) mass is 783 g/mol. The maximum absolute atomic E-state index is 14.4. The fourth-order valence-electron chi connectivity index (χ4n) is 6.47. The maximum Gasteiger partial charge on any atom is 0.410 e. The van der Waals surface area contributed by atoms with Gasteiger partial charge >= 0.3 is 6.09 Å². The number of aromatic nitrogens is 1. The Bertz CT molecular complexity index is 2040. The number of carbonyl (C=O) groups excluding carboxylic acids is 3. The minimum atomic E-state index is -3.94. The van der Waals surface area contributed by atoms with E-state index in [-0.39, 0.29) is 36.8 Å². The van der Waals surface area contributed by atoms with Crippen LogP contribution in [-0.2, 0) is 37.4 Å². The largest absolute Gasteiger partial charge is 0.445 e. The Morgan fingerprint density at radius 1 is 0.982 bits per heavy atom. The van der Waals surface area contributed by atoms with E-state index in [0.29, 0.717) is 31.5 Å². The molecule has 4 aromatic rings. The van der Waals surface area contributed by atoms with Crippen LogP contribution in [0.4, 0.5) is 4.79 Å². The number of nitrogens with one attached hydrogen (secondary N) is 2. The Kier molecular flexibility index (Phi) is 14.5. The van der Waals surface area contributed by atoms with Gasteiger partial charge in [0.2, 0.25) is 17.8 Å². The molecule has 56 heavy (non-hydrogen) atoms. The van der Waals surface area contributed by atoms with Crippen molar-refractivity contribution in [1.82, 2.24) is 24.8 Å². The summed E-state index contributed by atoms with van der Waals surface area (Å²) in [4.78, 5) is 53.0. The molecule has 0 bridgehead atoms. The highest BCUT2D eigenvalue weighted by molar-refractivity contribution is 7.90. The number of nitrogens with two attached hydrogens (primary N) is 1. The number of amides is 3. The van der Waals surface area contributed by atoms with Crippen molar-refractivity contribution in [2.75, 3.05) is 20.1 Å². The highest BCUT2D eigenvalue weighted by Gasteiger charge is 2.41. The van der Waals surface area contributed by atoms with Crippen molar-refractivity contribution in [3.8, 4) is 0 Å². The summed E-state index contributed by atoms with van der Waals surface area (Å²) in [6.45, 7) is 2.27. The first-order valence-corrected chi connectivity index (χ1v) is 20.0. The summed E-state index contributed by atoms with van der Waals surface area (Å²) in [7, 11) is -2.42. The number of sulfonamides is 1. The Hall–Kier alpha value is -5.80. The van der Waals surface area contributed by atoms with Crippen LogP contribution in [0.5, 0.6) is 0 Å². The second kappa shape index (κ2) is 19.7. The molecule has 5 rings (SSSR count). The van der Waals surface area contributed by atoms with Crippen LogP contribution in [0.2, 0.25) is 0 Å². The molecule has 2 heterocycles. The van der Waals surface area contributed by atoms with E-state index in [4.69, 9.17) is 10.5 Å². The molecule has 1 fully saturated rings. The van der Waals surface area contributed by atoms with E-state index >= 15 is 0 Å². The average molecular weight is 784 g/mol. The molecular weight excluding hydrogens is 735 g/mol. The molecule has 0 radical (unpaired) electrons. The number of aliphatic hydroxyl groups is 1. The third kappa shape index (κ3) is 11.4. The molecule has 3 amide bonds. The topological polar surface area (TPSA) is 197 Å². The number of hydrogen-bond acceptors (Lipinski definition) is 9. The van der Waals surface area contributed by atoms with Crippen LogP contribution in [0.1, 0.15) is 54.2 Å². The van der Waals surface area contributed by atoms with Crippen LogP contribution >= 0.6 is 0 Å². The van der Waals surface area contributed by atoms with Gasteiger partial charge in [0.05, 0.1) is 16.6 Å². The predicted molar refractivity (Wildman–Crippen MR) is 211 cm³/mol. The van der Waals surface area contributed by atoms with Crippen molar-refractivity contribution >= 4 is 33.9 Å². The third-order valence-electron chi connectivity index (χ3n) is 9.58. The zero-order valence-electron chi connectivity index (χ0n) is 31.5. The summed E-state index contributed by atoms with van der Waals surface area (Å²) in [6.07, 6.45) is 1.33. The molecule has 15 heteroatoms. The Morgan fingerprint density at radius 2 is 1.64 bits per heavy atom. The number of aliphatic imine (C=N–C) groups is 1. The van der Waals surface area contributed by atoms with Crippen LogP contribution in [0.15, 0.2) is 119 Å². The van der Waals surface area contributed by atoms with E-state index in [1.54, 1.807) is 30.3 Å². The highest BCUT2D eigenvalue weighted by atomic mass is 32.2. The van der Waals surface area contributed by atoms with Crippen LogP contribution in [0, 0.1) is 6.92 Å². The minimum absolute atomic E-state index is 0.0337. The first-order chi connectivity index (χ1) is 26.9. The van der Waals surface area contributed by atoms with Gasteiger partial charge in [0, 0.05) is 32.8 Å². The minimum Gasteiger partial charge on any atom is -0.445 e. The van der Waals surface area contributed by atoms with Gasteiger partial charge in [0.15, 0.2) is 0 Å². The Labute approximate surface area is 327 Å². The number of guanidine groups is 1. The molecule has 1 unspecified atom stereocenters. The van der Waals surface area contributed by atoms with Gasteiger partial charge in [-0.25, -0.2) is 17.9 Å². The van der Waals surface area contributed by atoms with E-state index in [0.717, 1.165) is 16.7 Å². The van der Waals surface area contributed by atoms with Gasteiger partial charge in [-0.3, -0.25) is 24.5 Å². The fourth-order valence-corrected chi connectivity index (χ4v) is 7.42. The van der Waals surface area contributed by atoms with E-state index in [2.05, 4.69) is 20.0 Å². The highest BCUT2D eigenvalue weighted by Crippen LogP contribution is 2.24. The number of likely N-dealkylation sites (tertiary alicyclic amines) is 1. The molecular formula is C41H49N7O7S. The molecule has 0 saturated carbocycles. The molecule has 296 valence electrons. The molecule has 0 spiro atoms. The summed E-state index contributed by atoms with van der Waals surface area (Å²) >= 11 is 0. The smallest absolute Gasteiger partial charge is 0.410 e. The van der Waals surface area contributed by atoms with Crippen molar-refractivity contribution in [3.05, 3.63) is 132 Å². The quantitative estimate of drug-likeness (QED) is 0.0742. The van der Waals surface area contributed by atoms with E-state index in [1.807, 2.05) is 67.6 Å². The number of ether oxygens (including phenoxy) is 1. The van der Waals surface area contributed by atoms with Crippen molar-refractivity contribution in [2.24, 2.45) is 10.7 Å². The molecule has 1 aliphatic heterocycles. The number of likely N-dealkylation sites (N-methyl/N-ethyl adjacent to an activating group) is 1. The standard InChI is InChI=1S/C41H49N7O7S/c1-29-20-22-32(23-21-29)56(53,54)46-40(42)44-25-11-18-34(37(49)33-17-9-10-24-43-33)45-38(50)35-19-12-26-48(35)39(51)36(27-30-13-5-3-6-14-30)47(2)41(52)55-28-31-15-7-4-8-16-31/h3-10,13-17,20-24,34-37,49H,11-12,18-19,25-28H2,1-2H3,(H,45,50)(H3,42,44,46)/t34-,35-,36+,37?/m0/s1. The Morgan fingerprint density at radius 3 is 2.30 bits per heavy atom. The Balaban J connectivity index is 1.27. The van der Waals surface area contributed by atoms with Crippen molar-refractivity contribution < 1.29 is 32.6 Å². The lowest BCUT2D eigenvalue weighted by atomic mass is 10.0. The zero-order chi connectivity index (χ0) is 40.1. The molecule has 14 nitrogen and oxygen atoms in total. The van der Waals surface area contributed by atoms with Gasteiger partial charge < -0.3 is 25.8 Å². The first kappa shape index (κ1) is 41.4. The number of rotatable bonds is 16. The van der Waals surface area contributed by atoms with Crippen molar-refractivity contribution in [1.29, 1.82) is 0 Å². The van der Waals surface area contributed by atoms with Crippen molar-refractivity contribution in [3.63, 3.8) is 0 Å². The summed E-state index contributed by atoms with van der Waals surface area (Å²) in [5, 5.41) is 14.4. The molecule has 4 atom stereocenters. The lowest BCUT2D eigenvalue weighted by Gasteiger charge is -2.33. The van der Waals surface area contributed by atoms with Gasteiger partial charge in [-0.2, -0.15) is 0 Å². The van der Waals surface area contributed by atoms with Crippen molar-refractivity contribution in [2.45, 2.75) is 74.8 Å². The van der Waals surface area contributed by atoms with Gasteiger partial charge in [0.25, 0.3) is 10.0 Å². The van der Waals surface area contributed by atoms with E-state index < -0.39 is 52.2 Å². The number of aliphatic hydroxyl groups excluding tert-OH is 1. The number of hydrogen-bond donors (Lipinski definition) is 4. The average Bonchev–Trinajstić information content (AvgIpc) is 3.71. The second-order valence-electron chi connectivity index (χ2n) is 13.7. The number of nitrogens with zero attached hydrogens (tertiary/aromatic N) is 4. The summed E-state index contributed by atoms with van der Waals surface area (Å²) in [6, 6.07) is 27.3. The molecule has 3 aromatic carbocycles. The summed E-state index contributed by atoms with van der Waals surface area (Å²) < 4.78 is 33.3. The normalized spacial score (nSPS) is 16.0. The lowest BCUT2D eigenvalue weighted by molar-refractivity contribution is -0.142. The summed E-state index contributed by atoms with van der Waals surface area (Å²) in [5.74, 6) is -1.15. The number of aryl methyl sites for hydroxylation is 1. The molecule has 1 aliphatic rings. The number of benzene rings is 3. The molecule has 1 aromatic heterocycles. The second-order valence-corrected chi connectivity index (χ2v) is 15.4. The van der Waals surface area contributed by atoms with Crippen LogP contribution in [0.3, 0.4) is 0 Å². The van der Waals surface area contributed by atoms with Gasteiger partial charge in [-0.15, -0.1) is 0 Å². The zero-order valence-corrected chi connectivity index (χ0v) is 32.3. The fraction of sp³-hybridized carbons (Fsp3) is 0.341. The predicted octanol–water partition coefficient (Wildman–Crippen LogP) is 3.85. The lowest BCUT2D eigenvalue weighted by Crippen LogP contribution is -2.56. The summed E-state index contributed by atoms with van der Waals surface area (Å²) in [5.41, 5.74) is 8.80. The first-order valence-electron chi connectivity index (χ1n) is 18.5. The van der Waals surface area contributed by atoms with Crippen LogP contribution in [0.25, 0.3) is 0 Å². The van der Waals surface area contributed by atoms with Gasteiger partial charge in [-0.1, -0.05) is 84.4 Å². The SMILES string of the molecule is Cc1ccc(S(=O)(=O)NC(N)=NCCC[C@H](NC(=O)[C@@H]2CCCN2C(=O)[C@@H](Cc2ccccc2)N(C)C(=O)OCc2ccccc2)C(O)c2ccccn2)cc1. The maximum atomic E-state index is 14.4. The third-order valence-corrected chi connectivity index (χ3v) is 11.0.